The number of carbonyl (C=O) groups is 2. The highest BCUT2D eigenvalue weighted by Gasteiger charge is 2.23. The first-order valence-corrected chi connectivity index (χ1v) is 11.3. The van der Waals surface area contributed by atoms with Gasteiger partial charge in [0.1, 0.15) is 19.8 Å². The minimum absolute atomic E-state index is 0.0441. The molecular formula is C26H30N2O5. The van der Waals surface area contributed by atoms with Gasteiger partial charge in [0.25, 0.3) is 0 Å². The number of benzene rings is 2. The highest BCUT2D eigenvalue weighted by Crippen LogP contribution is 2.31. The molecule has 2 aromatic carbocycles. The van der Waals surface area contributed by atoms with E-state index in [1.807, 2.05) is 50.2 Å². The molecule has 0 radical (unpaired) electrons. The number of amides is 2. The first-order valence-electron chi connectivity index (χ1n) is 11.3. The van der Waals surface area contributed by atoms with Crippen molar-refractivity contribution in [3.63, 3.8) is 0 Å². The molecule has 1 saturated heterocycles. The minimum atomic E-state index is -0.239. The number of fused-ring (bicyclic) bond motifs is 1. The Morgan fingerprint density at radius 3 is 2.70 bits per heavy atom. The van der Waals surface area contributed by atoms with Crippen LogP contribution in [-0.4, -0.2) is 55.7 Å². The molecule has 0 saturated carbocycles. The van der Waals surface area contributed by atoms with Crippen LogP contribution < -0.4 is 14.8 Å². The van der Waals surface area contributed by atoms with Crippen LogP contribution in [0.2, 0.25) is 0 Å². The number of carbonyl (C=O) groups excluding carboxylic acids is 2. The van der Waals surface area contributed by atoms with E-state index in [9.17, 15) is 9.59 Å². The molecule has 1 atom stereocenters. The zero-order valence-corrected chi connectivity index (χ0v) is 19.1. The molecule has 1 N–H and O–H groups in total. The van der Waals surface area contributed by atoms with E-state index < -0.39 is 0 Å². The van der Waals surface area contributed by atoms with Gasteiger partial charge in [-0.05, 0) is 67.7 Å². The number of nitrogens with one attached hydrogen (secondary N) is 1. The van der Waals surface area contributed by atoms with Gasteiger partial charge in [-0.2, -0.15) is 0 Å². The monoisotopic (exact) mass is 450 g/mol. The third kappa shape index (κ3) is 5.93. The maximum absolute atomic E-state index is 13.0. The van der Waals surface area contributed by atoms with Crippen molar-refractivity contribution in [1.82, 2.24) is 4.90 Å². The van der Waals surface area contributed by atoms with Crippen molar-refractivity contribution < 1.29 is 23.8 Å². The van der Waals surface area contributed by atoms with Crippen LogP contribution in [0.1, 0.15) is 29.5 Å². The standard InChI is InChI=1S/C26H30N2O5/c1-18-5-3-7-22(19(18)2)27-25(29)17-28(16-21-6-4-12-31-21)26(30)11-9-20-8-10-23-24(15-20)33-14-13-32-23/h3,5,7-11,15,21H,4,6,12-14,16-17H2,1-2H3,(H,27,29). The Hall–Kier alpha value is -3.32. The van der Waals surface area contributed by atoms with Gasteiger partial charge < -0.3 is 24.4 Å². The lowest BCUT2D eigenvalue weighted by molar-refractivity contribution is -0.131. The summed E-state index contributed by atoms with van der Waals surface area (Å²) in [6.45, 7) is 6.03. The Morgan fingerprint density at radius 2 is 1.91 bits per heavy atom. The Balaban J connectivity index is 1.45. The molecule has 2 amide bonds. The van der Waals surface area contributed by atoms with Crippen LogP contribution in [0.25, 0.3) is 6.08 Å². The van der Waals surface area contributed by atoms with Gasteiger partial charge in [0.2, 0.25) is 11.8 Å². The van der Waals surface area contributed by atoms with Crippen molar-refractivity contribution in [2.24, 2.45) is 0 Å². The lowest BCUT2D eigenvalue weighted by Gasteiger charge is -2.24. The van der Waals surface area contributed by atoms with Gasteiger partial charge in [0.05, 0.1) is 6.10 Å². The molecule has 0 aliphatic carbocycles. The van der Waals surface area contributed by atoms with Crippen LogP contribution >= 0.6 is 0 Å². The molecule has 2 aliphatic rings. The van der Waals surface area contributed by atoms with Crippen molar-refractivity contribution in [1.29, 1.82) is 0 Å². The second-order valence-corrected chi connectivity index (χ2v) is 8.39. The van der Waals surface area contributed by atoms with Crippen LogP contribution in [0.4, 0.5) is 5.69 Å². The van der Waals surface area contributed by atoms with E-state index in [4.69, 9.17) is 14.2 Å². The fourth-order valence-corrected chi connectivity index (χ4v) is 3.95. The van der Waals surface area contributed by atoms with E-state index in [1.165, 1.54) is 6.08 Å². The summed E-state index contributed by atoms with van der Waals surface area (Å²) < 4.78 is 16.9. The SMILES string of the molecule is Cc1cccc(NC(=O)CN(CC2CCCO2)C(=O)C=Cc2ccc3c(c2)OCCO3)c1C. The first-order chi connectivity index (χ1) is 16.0. The third-order valence-electron chi connectivity index (χ3n) is 5.96. The smallest absolute Gasteiger partial charge is 0.247 e. The Bertz CT molecular complexity index is 1040. The molecular weight excluding hydrogens is 420 g/mol. The lowest BCUT2D eigenvalue weighted by atomic mass is 10.1. The van der Waals surface area contributed by atoms with Crippen molar-refractivity contribution in [2.45, 2.75) is 32.8 Å². The minimum Gasteiger partial charge on any atom is -0.486 e. The molecule has 33 heavy (non-hydrogen) atoms. The average Bonchev–Trinajstić information content (AvgIpc) is 3.33. The molecule has 0 spiro atoms. The van der Waals surface area contributed by atoms with Crippen LogP contribution in [0.15, 0.2) is 42.5 Å². The van der Waals surface area contributed by atoms with Gasteiger partial charge in [-0.1, -0.05) is 18.2 Å². The predicted octanol–water partition coefficient (Wildman–Crippen LogP) is 3.73. The average molecular weight is 451 g/mol. The summed E-state index contributed by atoms with van der Waals surface area (Å²) in [5.74, 6) is 0.895. The molecule has 7 heteroatoms. The molecule has 2 heterocycles. The summed E-state index contributed by atoms with van der Waals surface area (Å²) >= 11 is 0. The third-order valence-corrected chi connectivity index (χ3v) is 5.96. The molecule has 2 aliphatic heterocycles. The fourth-order valence-electron chi connectivity index (χ4n) is 3.95. The summed E-state index contributed by atoms with van der Waals surface area (Å²) in [5, 5.41) is 2.94. The van der Waals surface area contributed by atoms with E-state index in [-0.39, 0.29) is 24.5 Å². The van der Waals surface area contributed by atoms with E-state index in [1.54, 1.807) is 11.0 Å². The highest BCUT2D eigenvalue weighted by atomic mass is 16.6. The van der Waals surface area contributed by atoms with Crippen LogP contribution in [0, 0.1) is 13.8 Å². The summed E-state index contributed by atoms with van der Waals surface area (Å²) in [6, 6.07) is 11.3. The van der Waals surface area contributed by atoms with Crippen LogP contribution in [0.5, 0.6) is 11.5 Å². The van der Waals surface area contributed by atoms with Gasteiger partial charge >= 0.3 is 0 Å². The molecule has 7 nitrogen and oxygen atoms in total. The van der Waals surface area contributed by atoms with Gasteiger partial charge in [0, 0.05) is 24.9 Å². The largest absolute Gasteiger partial charge is 0.486 e. The fraction of sp³-hybridized carbons (Fsp3) is 0.385. The van der Waals surface area contributed by atoms with Crippen molar-refractivity contribution >= 4 is 23.6 Å². The zero-order valence-electron chi connectivity index (χ0n) is 19.1. The number of anilines is 1. The van der Waals surface area contributed by atoms with E-state index in [0.29, 0.717) is 37.9 Å². The Labute approximate surface area is 194 Å². The van der Waals surface area contributed by atoms with Crippen LogP contribution in [-0.2, 0) is 14.3 Å². The summed E-state index contributed by atoms with van der Waals surface area (Å²) in [7, 11) is 0. The molecule has 1 unspecified atom stereocenters. The number of hydrogen-bond acceptors (Lipinski definition) is 5. The Morgan fingerprint density at radius 1 is 1.09 bits per heavy atom. The number of nitrogens with zero attached hydrogens (tertiary/aromatic N) is 1. The second-order valence-electron chi connectivity index (χ2n) is 8.39. The number of ether oxygens (including phenoxy) is 3. The van der Waals surface area contributed by atoms with Crippen molar-refractivity contribution in [3.05, 3.63) is 59.2 Å². The summed E-state index contributed by atoms with van der Waals surface area (Å²) in [6.07, 6.45) is 5.02. The maximum Gasteiger partial charge on any atom is 0.247 e. The van der Waals surface area contributed by atoms with E-state index in [0.717, 1.165) is 35.2 Å². The lowest BCUT2D eigenvalue weighted by Crippen LogP contribution is -2.41. The van der Waals surface area contributed by atoms with Gasteiger partial charge in [0.15, 0.2) is 11.5 Å². The molecule has 1 fully saturated rings. The first kappa shape index (κ1) is 22.9. The molecule has 0 aromatic heterocycles. The van der Waals surface area contributed by atoms with E-state index >= 15 is 0 Å². The quantitative estimate of drug-likeness (QED) is 0.651. The highest BCUT2D eigenvalue weighted by molar-refractivity contribution is 5.98. The summed E-state index contributed by atoms with van der Waals surface area (Å²) in [4.78, 5) is 27.4. The number of aryl methyl sites for hydroxylation is 1. The number of hydrogen-bond donors (Lipinski definition) is 1. The van der Waals surface area contributed by atoms with Crippen LogP contribution in [0.3, 0.4) is 0 Å². The maximum atomic E-state index is 13.0. The number of rotatable bonds is 7. The van der Waals surface area contributed by atoms with Crippen molar-refractivity contribution in [3.8, 4) is 11.5 Å². The van der Waals surface area contributed by atoms with Gasteiger partial charge in [-0.3, -0.25) is 9.59 Å². The molecule has 2 aromatic rings. The normalized spacial score (nSPS) is 17.2. The zero-order chi connectivity index (χ0) is 23.2. The molecule has 4 rings (SSSR count). The topological polar surface area (TPSA) is 77.1 Å². The Kier molecular flexibility index (Phi) is 7.29. The van der Waals surface area contributed by atoms with E-state index in [2.05, 4.69) is 5.32 Å². The predicted molar refractivity (Wildman–Crippen MR) is 127 cm³/mol. The van der Waals surface area contributed by atoms with Gasteiger partial charge in [-0.15, -0.1) is 0 Å². The summed E-state index contributed by atoms with van der Waals surface area (Å²) in [5.41, 5.74) is 3.70. The van der Waals surface area contributed by atoms with Gasteiger partial charge in [-0.25, -0.2) is 0 Å². The molecule has 0 bridgehead atoms. The molecule has 174 valence electrons. The second kappa shape index (κ2) is 10.5. The van der Waals surface area contributed by atoms with Crippen molar-refractivity contribution in [2.75, 3.05) is 38.2 Å².